The molecule has 0 spiro atoms. The van der Waals surface area contributed by atoms with Gasteiger partial charge in [-0.05, 0) is 40.2 Å². The maximum absolute atomic E-state index is 12.3. The van der Waals surface area contributed by atoms with Crippen LogP contribution in [0.25, 0.3) is 0 Å². The molecule has 0 heterocycles. The minimum atomic E-state index is -2.93. The predicted molar refractivity (Wildman–Crippen MR) is 82.3 cm³/mol. The normalized spacial score (nSPS) is 10.9. The fraction of sp³-hybridized carbons (Fsp3) is 0.0667. The summed E-state index contributed by atoms with van der Waals surface area (Å²) >= 11 is 3.26. The second-order valence-electron chi connectivity index (χ2n) is 4.10. The second kappa shape index (κ2) is 7.65. The number of nitrogens with zero attached hydrogens (tertiary/aromatic N) is 1. The van der Waals surface area contributed by atoms with E-state index in [9.17, 15) is 13.6 Å². The molecule has 7 heteroatoms. The van der Waals surface area contributed by atoms with Gasteiger partial charge in [0.05, 0.1) is 11.8 Å². The second-order valence-corrected chi connectivity index (χ2v) is 4.95. The molecule has 0 bridgehead atoms. The summed E-state index contributed by atoms with van der Waals surface area (Å²) < 4.78 is 29.5. The lowest BCUT2D eigenvalue weighted by molar-refractivity contribution is -0.0499. The van der Waals surface area contributed by atoms with Crippen LogP contribution < -0.4 is 10.2 Å². The molecule has 4 nitrogen and oxygen atoms in total. The van der Waals surface area contributed by atoms with Gasteiger partial charge in [0.15, 0.2) is 0 Å². The Morgan fingerprint density at radius 3 is 2.59 bits per heavy atom. The molecule has 0 aliphatic carbocycles. The van der Waals surface area contributed by atoms with Crippen LogP contribution in [0.3, 0.4) is 0 Å². The fourth-order valence-electron chi connectivity index (χ4n) is 1.66. The number of carbonyl (C=O) groups is 1. The first-order chi connectivity index (χ1) is 10.6. The Morgan fingerprint density at radius 2 is 1.86 bits per heavy atom. The van der Waals surface area contributed by atoms with Crippen molar-refractivity contribution in [2.75, 3.05) is 0 Å². The highest BCUT2D eigenvalue weighted by molar-refractivity contribution is 9.10. The van der Waals surface area contributed by atoms with Crippen LogP contribution in [0, 0.1) is 0 Å². The van der Waals surface area contributed by atoms with Crippen LogP contribution in [0.1, 0.15) is 15.9 Å². The SMILES string of the molecule is O=C(NN=Cc1ccccc1OC(F)F)c1ccccc1Br. The highest BCUT2D eigenvalue weighted by Gasteiger charge is 2.09. The third kappa shape index (κ3) is 4.36. The molecule has 2 aromatic carbocycles. The monoisotopic (exact) mass is 368 g/mol. The highest BCUT2D eigenvalue weighted by atomic mass is 79.9. The summed E-state index contributed by atoms with van der Waals surface area (Å²) in [6.07, 6.45) is 1.24. The van der Waals surface area contributed by atoms with E-state index in [1.807, 2.05) is 0 Å². The van der Waals surface area contributed by atoms with Crippen molar-refractivity contribution in [1.29, 1.82) is 0 Å². The molecule has 0 radical (unpaired) electrons. The number of amides is 1. The number of rotatable bonds is 5. The van der Waals surface area contributed by atoms with Gasteiger partial charge in [0, 0.05) is 10.0 Å². The molecule has 2 aromatic rings. The Bertz CT molecular complexity index is 693. The summed E-state index contributed by atoms with van der Waals surface area (Å²) in [5.41, 5.74) is 3.07. The molecule has 0 aliphatic heterocycles. The molecular formula is C15H11BrF2N2O2. The van der Waals surface area contributed by atoms with Gasteiger partial charge in [0.2, 0.25) is 0 Å². The van der Waals surface area contributed by atoms with E-state index in [1.165, 1.54) is 12.3 Å². The summed E-state index contributed by atoms with van der Waals surface area (Å²) in [5, 5.41) is 3.76. The van der Waals surface area contributed by atoms with Crippen molar-refractivity contribution >= 4 is 28.1 Å². The topological polar surface area (TPSA) is 50.7 Å². The average Bonchev–Trinajstić information content (AvgIpc) is 2.49. The van der Waals surface area contributed by atoms with Gasteiger partial charge < -0.3 is 4.74 Å². The first-order valence-corrected chi connectivity index (χ1v) is 6.99. The number of alkyl halides is 2. The van der Waals surface area contributed by atoms with Crippen molar-refractivity contribution < 1.29 is 18.3 Å². The molecule has 0 unspecified atom stereocenters. The Kier molecular flexibility index (Phi) is 5.60. The van der Waals surface area contributed by atoms with Gasteiger partial charge in [0.1, 0.15) is 5.75 Å². The largest absolute Gasteiger partial charge is 0.434 e. The van der Waals surface area contributed by atoms with Crippen molar-refractivity contribution in [1.82, 2.24) is 5.43 Å². The maximum Gasteiger partial charge on any atom is 0.387 e. The molecule has 0 saturated heterocycles. The van der Waals surface area contributed by atoms with Crippen LogP contribution >= 0.6 is 15.9 Å². The molecule has 1 N–H and O–H groups in total. The van der Waals surface area contributed by atoms with Crippen LogP contribution in [0.4, 0.5) is 8.78 Å². The quantitative estimate of drug-likeness (QED) is 0.644. The van der Waals surface area contributed by atoms with Crippen LogP contribution in [-0.4, -0.2) is 18.7 Å². The molecule has 22 heavy (non-hydrogen) atoms. The lowest BCUT2D eigenvalue weighted by atomic mass is 10.2. The van der Waals surface area contributed by atoms with Gasteiger partial charge in [0.25, 0.3) is 5.91 Å². The van der Waals surface area contributed by atoms with E-state index in [-0.39, 0.29) is 5.75 Å². The number of hydrazone groups is 1. The first-order valence-electron chi connectivity index (χ1n) is 6.19. The third-order valence-corrected chi connectivity index (χ3v) is 3.31. The van der Waals surface area contributed by atoms with Crippen LogP contribution in [0.15, 0.2) is 58.1 Å². The molecule has 0 atom stereocenters. The molecule has 2 rings (SSSR count). The van der Waals surface area contributed by atoms with Crippen LogP contribution in [-0.2, 0) is 0 Å². The van der Waals surface area contributed by atoms with Gasteiger partial charge in [-0.2, -0.15) is 13.9 Å². The lowest BCUT2D eigenvalue weighted by Gasteiger charge is -2.07. The van der Waals surface area contributed by atoms with Gasteiger partial charge in [-0.15, -0.1) is 0 Å². The standard InChI is InChI=1S/C15H11BrF2N2O2/c16-12-7-3-2-6-11(12)14(21)20-19-9-10-5-1-4-8-13(10)22-15(17)18/h1-9,15H,(H,20,21). The van der Waals surface area contributed by atoms with E-state index < -0.39 is 12.5 Å². The number of carbonyl (C=O) groups excluding carboxylic acids is 1. The van der Waals surface area contributed by atoms with E-state index in [0.29, 0.717) is 15.6 Å². The molecule has 0 aliphatic rings. The predicted octanol–water partition coefficient (Wildman–Crippen LogP) is 3.81. The average molecular weight is 369 g/mol. The molecule has 114 valence electrons. The van der Waals surface area contributed by atoms with Crippen molar-refractivity contribution in [2.24, 2.45) is 5.10 Å². The number of para-hydroxylation sites is 1. The van der Waals surface area contributed by atoms with Gasteiger partial charge in [-0.1, -0.05) is 24.3 Å². The highest BCUT2D eigenvalue weighted by Crippen LogP contribution is 2.18. The zero-order chi connectivity index (χ0) is 15.9. The summed E-state index contributed by atoms with van der Waals surface area (Å²) in [4.78, 5) is 11.9. The van der Waals surface area contributed by atoms with E-state index in [1.54, 1.807) is 42.5 Å². The maximum atomic E-state index is 12.3. The van der Waals surface area contributed by atoms with Crippen LogP contribution in [0.5, 0.6) is 5.75 Å². The van der Waals surface area contributed by atoms with Gasteiger partial charge >= 0.3 is 6.61 Å². The van der Waals surface area contributed by atoms with Crippen molar-refractivity contribution in [2.45, 2.75) is 6.61 Å². The number of ether oxygens (including phenoxy) is 1. The minimum absolute atomic E-state index is 0.0172. The Balaban J connectivity index is 2.07. The van der Waals surface area contributed by atoms with Gasteiger partial charge in [-0.3, -0.25) is 4.79 Å². The molecule has 0 saturated carbocycles. The van der Waals surface area contributed by atoms with Crippen LogP contribution in [0.2, 0.25) is 0 Å². The Hall–Kier alpha value is -2.28. The number of halogens is 3. The molecule has 0 fully saturated rings. The van der Waals surface area contributed by atoms with Crippen molar-refractivity contribution in [3.63, 3.8) is 0 Å². The van der Waals surface area contributed by atoms with E-state index in [4.69, 9.17) is 0 Å². The number of hydrogen-bond acceptors (Lipinski definition) is 3. The van der Waals surface area contributed by atoms with Crippen molar-refractivity contribution in [3.8, 4) is 5.75 Å². The molecule has 1 amide bonds. The van der Waals surface area contributed by atoms with E-state index in [2.05, 4.69) is 31.2 Å². The fourth-order valence-corrected chi connectivity index (χ4v) is 2.12. The minimum Gasteiger partial charge on any atom is -0.434 e. The Morgan fingerprint density at radius 1 is 1.18 bits per heavy atom. The van der Waals surface area contributed by atoms with Gasteiger partial charge in [-0.25, -0.2) is 5.43 Å². The number of benzene rings is 2. The zero-order valence-corrected chi connectivity index (χ0v) is 12.8. The third-order valence-electron chi connectivity index (χ3n) is 2.62. The molecule has 0 aromatic heterocycles. The summed E-state index contributed by atoms with van der Waals surface area (Å²) in [5.74, 6) is -0.438. The smallest absolute Gasteiger partial charge is 0.387 e. The number of nitrogens with one attached hydrogen (secondary N) is 1. The number of hydrogen-bond donors (Lipinski definition) is 1. The summed E-state index contributed by atoms with van der Waals surface area (Å²) in [6.45, 7) is -2.93. The summed E-state index contributed by atoms with van der Waals surface area (Å²) in [7, 11) is 0. The lowest BCUT2D eigenvalue weighted by Crippen LogP contribution is -2.18. The summed E-state index contributed by atoms with van der Waals surface area (Å²) in [6, 6.07) is 13.0. The van der Waals surface area contributed by atoms with Crippen molar-refractivity contribution in [3.05, 3.63) is 64.1 Å². The van der Waals surface area contributed by atoms with E-state index >= 15 is 0 Å². The first kappa shape index (κ1) is 16.1. The molecular weight excluding hydrogens is 358 g/mol. The zero-order valence-electron chi connectivity index (χ0n) is 11.2. The Labute approximate surface area is 133 Å². The van der Waals surface area contributed by atoms with E-state index in [0.717, 1.165) is 0 Å².